The zero-order chi connectivity index (χ0) is 16.0. The predicted molar refractivity (Wildman–Crippen MR) is 64.1 cm³/mol. The van der Waals surface area contributed by atoms with Gasteiger partial charge in [0.2, 0.25) is 0 Å². The van der Waals surface area contributed by atoms with Gasteiger partial charge in [-0.3, -0.25) is 14.5 Å². The van der Waals surface area contributed by atoms with Crippen LogP contribution >= 0.6 is 0 Å². The molecular formula is C11H20O9. The van der Waals surface area contributed by atoms with Crippen molar-refractivity contribution in [1.82, 2.24) is 0 Å². The lowest BCUT2D eigenvalue weighted by molar-refractivity contribution is -0.273. The Labute approximate surface area is 116 Å². The van der Waals surface area contributed by atoms with Gasteiger partial charge in [-0.05, 0) is 0 Å². The quantitative estimate of drug-likeness (QED) is 0.261. The van der Waals surface area contributed by atoms with Gasteiger partial charge in [0.25, 0.3) is 0 Å². The average molecular weight is 296 g/mol. The largest absolute Gasteiger partial charge is 0.463 e. The van der Waals surface area contributed by atoms with Crippen LogP contribution in [0, 0.1) is 0 Å². The van der Waals surface area contributed by atoms with Gasteiger partial charge >= 0.3 is 17.9 Å². The number of aliphatic hydroxyl groups is 2. The lowest BCUT2D eigenvalue weighted by Crippen LogP contribution is -2.20. The van der Waals surface area contributed by atoms with Gasteiger partial charge in [-0.25, -0.2) is 4.79 Å². The molecule has 2 N–H and O–H groups in total. The van der Waals surface area contributed by atoms with Crippen LogP contribution in [0.15, 0.2) is 0 Å². The minimum Gasteiger partial charge on any atom is -0.463 e. The monoisotopic (exact) mass is 296 g/mol. The second-order valence-corrected chi connectivity index (χ2v) is 3.38. The first kappa shape index (κ1) is 20.6. The molecule has 0 aliphatic heterocycles. The van der Waals surface area contributed by atoms with Crippen molar-refractivity contribution < 1.29 is 43.8 Å². The molecule has 0 radical (unpaired) electrons. The van der Waals surface area contributed by atoms with Gasteiger partial charge in [0.1, 0.15) is 25.9 Å². The van der Waals surface area contributed by atoms with Gasteiger partial charge in [-0.15, -0.1) is 0 Å². The molecule has 1 atom stereocenters. The second kappa shape index (κ2) is 13.7. The first-order valence-corrected chi connectivity index (χ1v) is 5.65. The molecule has 118 valence electrons. The van der Waals surface area contributed by atoms with E-state index in [1.165, 1.54) is 20.8 Å². The summed E-state index contributed by atoms with van der Waals surface area (Å²) in [6.45, 7) is 3.36. The van der Waals surface area contributed by atoms with Crippen LogP contribution in [-0.4, -0.2) is 60.7 Å². The minimum atomic E-state index is -0.950. The smallest absolute Gasteiger partial charge is 0.339 e. The maximum atomic E-state index is 10.2. The van der Waals surface area contributed by atoms with Crippen LogP contribution in [0.5, 0.6) is 0 Å². The standard InChI is InChI=1S/C6H10O5.C5H10O4/c1-5(7)9-3-4-10-11-6(2)8;1-4(7)9-3-5(8)2-6/h3-4H2,1-2H3;5-6,8H,2-3H2,1H3. The Morgan fingerprint density at radius 3 is 1.90 bits per heavy atom. The molecule has 0 aromatic rings. The number of rotatable bonds is 7. The van der Waals surface area contributed by atoms with Crippen molar-refractivity contribution >= 4 is 17.9 Å². The third-order valence-corrected chi connectivity index (χ3v) is 1.34. The maximum absolute atomic E-state index is 10.2. The van der Waals surface area contributed by atoms with Gasteiger partial charge < -0.3 is 19.7 Å². The van der Waals surface area contributed by atoms with Crippen LogP contribution in [-0.2, 0) is 33.6 Å². The Balaban J connectivity index is 0. The fraction of sp³-hybridized carbons (Fsp3) is 0.727. The van der Waals surface area contributed by atoms with E-state index in [1.54, 1.807) is 0 Å². The molecule has 0 saturated carbocycles. The maximum Gasteiger partial charge on any atom is 0.339 e. The second-order valence-electron chi connectivity index (χ2n) is 3.38. The summed E-state index contributed by atoms with van der Waals surface area (Å²) in [5.41, 5.74) is 0. The molecule has 0 bridgehead atoms. The van der Waals surface area contributed by atoms with Gasteiger partial charge in [0, 0.05) is 20.8 Å². The number of carbonyl (C=O) groups is 3. The van der Waals surface area contributed by atoms with E-state index in [4.69, 9.17) is 10.2 Å². The Morgan fingerprint density at radius 2 is 1.50 bits per heavy atom. The van der Waals surface area contributed by atoms with Gasteiger partial charge in [0.05, 0.1) is 6.61 Å². The number of hydrogen-bond acceptors (Lipinski definition) is 9. The molecule has 0 aliphatic carbocycles. The molecule has 0 rings (SSSR count). The number of aliphatic hydroxyl groups excluding tert-OH is 2. The van der Waals surface area contributed by atoms with Crippen LogP contribution < -0.4 is 0 Å². The zero-order valence-electron chi connectivity index (χ0n) is 11.7. The van der Waals surface area contributed by atoms with E-state index in [0.717, 1.165) is 0 Å². The highest BCUT2D eigenvalue weighted by molar-refractivity contribution is 5.66. The molecular weight excluding hydrogens is 276 g/mol. The van der Waals surface area contributed by atoms with Crippen LogP contribution in [0.3, 0.4) is 0 Å². The molecule has 1 unspecified atom stereocenters. The highest BCUT2D eigenvalue weighted by Crippen LogP contribution is 1.83. The van der Waals surface area contributed by atoms with Gasteiger partial charge in [0.15, 0.2) is 0 Å². The topological polar surface area (TPSA) is 129 Å². The average Bonchev–Trinajstić information content (AvgIpc) is 2.35. The van der Waals surface area contributed by atoms with E-state index < -0.39 is 24.0 Å². The minimum absolute atomic E-state index is 0.0547. The number of esters is 2. The normalized spacial score (nSPS) is 10.7. The van der Waals surface area contributed by atoms with Crippen LogP contribution in [0.1, 0.15) is 20.8 Å². The summed E-state index contributed by atoms with van der Waals surface area (Å²) < 4.78 is 8.81. The molecule has 0 aliphatic rings. The molecule has 0 saturated heterocycles. The molecule has 9 heteroatoms. The zero-order valence-corrected chi connectivity index (χ0v) is 11.7. The Morgan fingerprint density at radius 1 is 0.950 bits per heavy atom. The predicted octanol–water partition coefficient (Wildman–Crippen LogP) is -1.05. The first-order chi connectivity index (χ1) is 9.29. The van der Waals surface area contributed by atoms with Crippen LogP contribution in [0.25, 0.3) is 0 Å². The Bertz CT molecular complexity index is 274. The van der Waals surface area contributed by atoms with E-state index in [-0.39, 0.29) is 26.4 Å². The lowest BCUT2D eigenvalue weighted by Gasteiger charge is -2.05. The molecule has 0 heterocycles. The molecule has 0 aromatic heterocycles. The van der Waals surface area contributed by atoms with E-state index in [1.807, 2.05) is 0 Å². The molecule has 0 spiro atoms. The third kappa shape index (κ3) is 21.6. The lowest BCUT2D eigenvalue weighted by atomic mass is 10.4. The molecule has 20 heavy (non-hydrogen) atoms. The van der Waals surface area contributed by atoms with E-state index >= 15 is 0 Å². The molecule has 0 fully saturated rings. The fourth-order valence-electron chi connectivity index (χ4n) is 0.610. The van der Waals surface area contributed by atoms with E-state index in [2.05, 4.69) is 19.2 Å². The van der Waals surface area contributed by atoms with Crippen molar-refractivity contribution in [2.75, 3.05) is 26.4 Å². The van der Waals surface area contributed by atoms with Crippen molar-refractivity contribution in [2.45, 2.75) is 26.9 Å². The van der Waals surface area contributed by atoms with Crippen LogP contribution in [0.2, 0.25) is 0 Å². The van der Waals surface area contributed by atoms with Crippen molar-refractivity contribution in [3.63, 3.8) is 0 Å². The SMILES string of the molecule is CC(=O)OCC(O)CO.CC(=O)OCCOOC(C)=O. The van der Waals surface area contributed by atoms with Crippen molar-refractivity contribution in [3.05, 3.63) is 0 Å². The molecule has 0 amide bonds. The Kier molecular flexibility index (Phi) is 14.1. The molecule has 0 aromatic carbocycles. The van der Waals surface area contributed by atoms with Crippen molar-refractivity contribution in [3.8, 4) is 0 Å². The van der Waals surface area contributed by atoms with Crippen molar-refractivity contribution in [1.29, 1.82) is 0 Å². The summed E-state index contributed by atoms with van der Waals surface area (Å²) in [5, 5.41) is 16.8. The summed E-state index contributed by atoms with van der Waals surface area (Å²) in [7, 11) is 0. The summed E-state index contributed by atoms with van der Waals surface area (Å²) in [6, 6.07) is 0. The molecule has 9 nitrogen and oxygen atoms in total. The van der Waals surface area contributed by atoms with Crippen LogP contribution in [0.4, 0.5) is 0 Å². The summed E-state index contributed by atoms with van der Waals surface area (Å²) in [6.07, 6.45) is -0.950. The first-order valence-electron chi connectivity index (χ1n) is 5.65. The highest BCUT2D eigenvalue weighted by atomic mass is 17.2. The van der Waals surface area contributed by atoms with Gasteiger partial charge in [-0.2, -0.15) is 4.89 Å². The van der Waals surface area contributed by atoms with E-state index in [0.29, 0.717) is 0 Å². The van der Waals surface area contributed by atoms with Gasteiger partial charge in [-0.1, -0.05) is 0 Å². The number of hydrogen-bond donors (Lipinski definition) is 2. The fourth-order valence-corrected chi connectivity index (χ4v) is 0.610. The number of ether oxygens (including phenoxy) is 2. The third-order valence-electron chi connectivity index (χ3n) is 1.34. The van der Waals surface area contributed by atoms with E-state index in [9.17, 15) is 14.4 Å². The highest BCUT2D eigenvalue weighted by Gasteiger charge is 2.02. The summed E-state index contributed by atoms with van der Waals surface area (Å²) >= 11 is 0. The summed E-state index contributed by atoms with van der Waals surface area (Å²) in [4.78, 5) is 38.7. The Hall–Kier alpha value is -1.71. The number of carbonyl (C=O) groups excluding carboxylic acids is 3. The van der Waals surface area contributed by atoms with Crippen molar-refractivity contribution in [2.24, 2.45) is 0 Å². The summed E-state index contributed by atoms with van der Waals surface area (Å²) in [5.74, 6) is -1.38.